The number of hydrogen-bond acceptors (Lipinski definition) is 7. The number of aromatic nitrogens is 2. The van der Waals surface area contributed by atoms with Gasteiger partial charge in [0.05, 0.1) is 12.7 Å². The van der Waals surface area contributed by atoms with Crippen molar-refractivity contribution in [3.05, 3.63) is 32.6 Å². The van der Waals surface area contributed by atoms with Crippen LogP contribution >= 0.6 is 8.45 Å². The van der Waals surface area contributed by atoms with Gasteiger partial charge in [-0.15, -0.1) is 0 Å². The van der Waals surface area contributed by atoms with Crippen LogP contribution in [0.5, 0.6) is 0 Å². The van der Waals surface area contributed by atoms with Gasteiger partial charge in [0.1, 0.15) is 6.23 Å². The molecule has 1 aromatic heterocycles. The number of amides is 1. The zero-order valence-electron chi connectivity index (χ0n) is 14.0. The molecule has 1 aromatic rings. The van der Waals surface area contributed by atoms with Gasteiger partial charge in [-0.05, 0) is 33.9 Å². The van der Waals surface area contributed by atoms with Crippen LogP contribution in [-0.2, 0) is 14.1 Å². The Morgan fingerprint density at radius 2 is 2.12 bits per heavy atom. The molecule has 1 aliphatic heterocycles. The van der Waals surface area contributed by atoms with Crippen LogP contribution < -0.4 is 22.5 Å². The molecular formula is C13H24N5O5P. The van der Waals surface area contributed by atoms with E-state index in [2.05, 4.69) is 10.7 Å². The molecular weight excluding hydrogens is 337 g/mol. The zero-order valence-corrected chi connectivity index (χ0v) is 14.9. The number of carbonyl (C=O) groups excluding carboxylic acids is 1. The quantitative estimate of drug-likeness (QED) is 0.468. The van der Waals surface area contributed by atoms with E-state index in [-0.39, 0.29) is 24.3 Å². The van der Waals surface area contributed by atoms with Gasteiger partial charge in [-0.2, -0.15) is 0 Å². The monoisotopic (exact) mass is 361 g/mol. The first kappa shape index (κ1) is 20.5. The molecule has 0 saturated carbocycles. The number of H-pyrrole nitrogens is 1. The lowest BCUT2D eigenvalue weighted by Crippen LogP contribution is -2.33. The van der Waals surface area contributed by atoms with Crippen LogP contribution in [0, 0.1) is 6.92 Å². The molecule has 136 valence electrons. The Hall–Kier alpha value is -1.58. The second-order valence-electron chi connectivity index (χ2n) is 5.35. The van der Waals surface area contributed by atoms with E-state index in [1.54, 1.807) is 6.92 Å². The Morgan fingerprint density at radius 3 is 2.71 bits per heavy atom. The molecule has 3 atom stereocenters. The fourth-order valence-electron chi connectivity index (χ4n) is 2.09. The third kappa shape index (κ3) is 5.81. The van der Waals surface area contributed by atoms with Gasteiger partial charge in [-0.3, -0.25) is 29.3 Å². The van der Waals surface area contributed by atoms with Gasteiger partial charge in [-0.1, -0.05) is 0 Å². The van der Waals surface area contributed by atoms with E-state index >= 15 is 0 Å². The van der Waals surface area contributed by atoms with E-state index in [4.69, 9.17) is 19.6 Å². The van der Waals surface area contributed by atoms with E-state index in [1.165, 1.54) is 10.8 Å². The molecule has 0 radical (unpaired) electrons. The first-order valence-electron chi connectivity index (χ1n) is 7.28. The lowest BCUT2D eigenvalue weighted by molar-refractivity contribution is -0.106. The summed E-state index contributed by atoms with van der Waals surface area (Å²) in [5, 5.41) is 0. The summed E-state index contributed by atoms with van der Waals surface area (Å²) in [5.74, 6) is 0. The van der Waals surface area contributed by atoms with Gasteiger partial charge in [0.15, 0.2) is 8.45 Å². The Balaban J connectivity index is 0.000000891. The summed E-state index contributed by atoms with van der Waals surface area (Å²) < 4.78 is 14.6. The molecule has 3 unspecified atom stereocenters. The molecule has 10 nitrogen and oxygen atoms in total. The van der Waals surface area contributed by atoms with Crippen molar-refractivity contribution in [1.29, 1.82) is 0 Å². The maximum absolute atomic E-state index is 11.8. The number of aryl methyl sites for hydroxylation is 1. The first-order valence-corrected chi connectivity index (χ1v) is 8.56. The molecule has 1 saturated heterocycles. The van der Waals surface area contributed by atoms with Crippen molar-refractivity contribution in [2.45, 2.75) is 32.1 Å². The summed E-state index contributed by atoms with van der Waals surface area (Å²) >= 11 is 0. The van der Waals surface area contributed by atoms with Crippen molar-refractivity contribution < 1.29 is 14.1 Å². The standard InChI is InChI=1S/C12H21N4O4P.CH3NO/c1-8-6-16(12(18)14-11(8)17)10-5-4-9(20-10)7-19-21(13)15(2)3;2-1-3/h6,9-10H,4-5,7,13H2,1-3H3,(H,14,17,18);1H,(H2,2,3). The van der Waals surface area contributed by atoms with Crippen LogP contribution in [0.25, 0.3) is 0 Å². The molecule has 0 aromatic carbocycles. The number of primary amides is 1. The van der Waals surface area contributed by atoms with Crippen LogP contribution in [0.2, 0.25) is 0 Å². The third-order valence-electron chi connectivity index (χ3n) is 3.33. The number of nitrogens with two attached hydrogens (primary N) is 2. The minimum absolute atomic E-state index is 0.0948. The Morgan fingerprint density at radius 1 is 1.50 bits per heavy atom. The van der Waals surface area contributed by atoms with Gasteiger partial charge < -0.3 is 15.0 Å². The predicted octanol–water partition coefficient (Wildman–Crippen LogP) is -0.612. The maximum atomic E-state index is 11.8. The van der Waals surface area contributed by atoms with Crippen molar-refractivity contribution in [2.75, 3.05) is 20.7 Å². The fraction of sp³-hybridized carbons (Fsp3) is 0.615. The number of rotatable bonds is 5. The summed E-state index contributed by atoms with van der Waals surface area (Å²) in [6, 6.07) is 0. The Bertz CT molecular complexity index is 646. The highest BCUT2D eigenvalue weighted by atomic mass is 31.2. The van der Waals surface area contributed by atoms with Crippen molar-refractivity contribution in [3.8, 4) is 0 Å². The summed E-state index contributed by atoms with van der Waals surface area (Å²) in [6.45, 7) is 2.05. The first-order chi connectivity index (χ1) is 11.3. The lowest BCUT2D eigenvalue weighted by Gasteiger charge is -2.21. The molecule has 0 bridgehead atoms. The van der Waals surface area contributed by atoms with Gasteiger partial charge in [0.2, 0.25) is 6.41 Å². The van der Waals surface area contributed by atoms with Crippen LogP contribution in [0.4, 0.5) is 0 Å². The summed E-state index contributed by atoms with van der Waals surface area (Å²) in [5.41, 5.74) is 9.65. The van der Waals surface area contributed by atoms with Crippen molar-refractivity contribution in [2.24, 2.45) is 11.2 Å². The number of aromatic amines is 1. The van der Waals surface area contributed by atoms with E-state index in [0.717, 1.165) is 6.42 Å². The van der Waals surface area contributed by atoms with Crippen molar-refractivity contribution in [3.63, 3.8) is 0 Å². The van der Waals surface area contributed by atoms with Crippen LogP contribution in [-0.4, -0.2) is 47.4 Å². The zero-order chi connectivity index (χ0) is 18.3. The number of nitrogens with zero attached hydrogens (tertiary/aromatic N) is 2. The largest absolute Gasteiger partial charge is 0.372 e. The van der Waals surface area contributed by atoms with Crippen LogP contribution in [0.15, 0.2) is 15.8 Å². The SMILES string of the molecule is Cc1cn(C2CCC(COP(N)N(C)C)O2)c(=O)[nH]c1=O.NC=O. The lowest BCUT2D eigenvalue weighted by atomic mass is 10.2. The fourth-order valence-corrected chi connectivity index (χ4v) is 2.64. The van der Waals surface area contributed by atoms with Gasteiger partial charge in [0.25, 0.3) is 5.56 Å². The topological polar surface area (TPSA) is 146 Å². The second-order valence-corrected chi connectivity index (χ2v) is 7.01. The Labute approximate surface area is 140 Å². The molecule has 0 aliphatic carbocycles. The average Bonchev–Trinajstić information content (AvgIpc) is 2.97. The molecule has 11 heteroatoms. The van der Waals surface area contributed by atoms with E-state index in [1.807, 2.05) is 18.8 Å². The third-order valence-corrected chi connectivity index (χ3v) is 4.53. The normalized spacial score (nSPS) is 21.2. The molecule has 2 rings (SSSR count). The molecule has 0 spiro atoms. The van der Waals surface area contributed by atoms with Crippen molar-refractivity contribution in [1.82, 2.24) is 14.2 Å². The molecule has 24 heavy (non-hydrogen) atoms. The van der Waals surface area contributed by atoms with Gasteiger partial charge >= 0.3 is 5.69 Å². The Kier molecular flexibility index (Phi) is 8.23. The van der Waals surface area contributed by atoms with E-state index < -0.39 is 14.1 Å². The van der Waals surface area contributed by atoms with Crippen molar-refractivity contribution >= 4 is 14.9 Å². The minimum Gasteiger partial charge on any atom is -0.372 e. The number of hydrogen-bond donors (Lipinski definition) is 3. The van der Waals surface area contributed by atoms with Crippen LogP contribution in [0.1, 0.15) is 24.6 Å². The molecule has 1 fully saturated rings. The minimum atomic E-state index is -1.10. The molecule has 1 aliphatic rings. The molecule has 5 N–H and O–H groups in total. The molecule has 2 heterocycles. The average molecular weight is 361 g/mol. The summed E-state index contributed by atoms with van der Waals surface area (Å²) in [6.07, 6.45) is 2.80. The van der Waals surface area contributed by atoms with Gasteiger partial charge in [-0.25, -0.2) is 4.79 Å². The highest BCUT2D eigenvalue weighted by molar-refractivity contribution is 7.47. The second kappa shape index (κ2) is 9.65. The number of carbonyl (C=O) groups is 1. The smallest absolute Gasteiger partial charge is 0.330 e. The highest BCUT2D eigenvalue weighted by Crippen LogP contribution is 2.33. The van der Waals surface area contributed by atoms with Crippen LogP contribution in [0.3, 0.4) is 0 Å². The number of nitrogens with one attached hydrogen (secondary N) is 1. The predicted molar refractivity (Wildman–Crippen MR) is 90.2 cm³/mol. The molecule has 1 amide bonds. The van der Waals surface area contributed by atoms with Gasteiger partial charge in [0, 0.05) is 11.8 Å². The highest BCUT2D eigenvalue weighted by Gasteiger charge is 2.28. The maximum Gasteiger partial charge on any atom is 0.330 e. The summed E-state index contributed by atoms with van der Waals surface area (Å²) in [7, 11) is 2.61. The number of ether oxygens (including phenoxy) is 1. The van der Waals surface area contributed by atoms with E-state index in [0.29, 0.717) is 18.6 Å². The summed E-state index contributed by atoms with van der Waals surface area (Å²) in [4.78, 5) is 34.0. The van der Waals surface area contributed by atoms with E-state index in [9.17, 15) is 9.59 Å².